The van der Waals surface area contributed by atoms with E-state index in [4.69, 9.17) is 10.2 Å². The fraction of sp³-hybridized carbons (Fsp3) is 0.154. The molecule has 0 fully saturated rings. The van der Waals surface area contributed by atoms with Crippen molar-refractivity contribution in [3.05, 3.63) is 42.4 Å². The summed E-state index contributed by atoms with van der Waals surface area (Å²) in [5.74, 6) is 0.980. The number of sulfone groups is 1. The van der Waals surface area contributed by atoms with E-state index in [2.05, 4.69) is 4.98 Å². The third-order valence-corrected chi connectivity index (χ3v) is 4.19. The van der Waals surface area contributed by atoms with E-state index in [1.54, 1.807) is 29.0 Å². The van der Waals surface area contributed by atoms with Gasteiger partial charge in [-0.05, 0) is 24.3 Å². The van der Waals surface area contributed by atoms with E-state index in [1.165, 1.54) is 6.07 Å². The van der Waals surface area contributed by atoms with Crippen molar-refractivity contribution in [1.29, 1.82) is 0 Å². The first kappa shape index (κ1) is 12.7. The Labute approximate surface area is 115 Å². The first-order valence-corrected chi connectivity index (χ1v) is 7.83. The molecule has 0 atom stereocenters. The maximum Gasteiger partial charge on any atom is 0.201 e. The molecule has 2 heterocycles. The maximum atomic E-state index is 11.8. The SMILES string of the molecule is CS(=O)(=O)c1cccc2c1nc(N)n2Cc1ccco1. The van der Waals surface area contributed by atoms with Gasteiger partial charge in [-0.2, -0.15) is 0 Å². The summed E-state index contributed by atoms with van der Waals surface area (Å²) >= 11 is 0. The number of hydrogen-bond acceptors (Lipinski definition) is 5. The van der Waals surface area contributed by atoms with E-state index in [-0.39, 0.29) is 10.8 Å². The fourth-order valence-corrected chi connectivity index (χ4v) is 2.99. The zero-order chi connectivity index (χ0) is 14.3. The molecule has 7 heteroatoms. The van der Waals surface area contributed by atoms with E-state index < -0.39 is 9.84 Å². The van der Waals surface area contributed by atoms with Gasteiger partial charge in [-0.15, -0.1) is 0 Å². The van der Waals surface area contributed by atoms with Gasteiger partial charge >= 0.3 is 0 Å². The summed E-state index contributed by atoms with van der Waals surface area (Å²) in [6.45, 7) is 0.405. The molecule has 0 radical (unpaired) electrons. The summed E-state index contributed by atoms with van der Waals surface area (Å²) < 4.78 is 30.6. The molecule has 0 saturated heterocycles. The van der Waals surface area contributed by atoms with Crippen molar-refractivity contribution in [3.63, 3.8) is 0 Å². The second-order valence-electron chi connectivity index (χ2n) is 4.53. The largest absolute Gasteiger partial charge is 0.467 e. The molecule has 1 aromatic carbocycles. The zero-order valence-electron chi connectivity index (χ0n) is 10.8. The van der Waals surface area contributed by atoms with Gasteiger partial charge in [0.25, 0.3) is 0 Å². The van der Waals surface area contributed by atoms with E-state index >= 15 is 0 Å². The standard InChI is InChI=1S/C13H13N3O3S/c1-20(17,18)11-6-2-5-10-12(11)15-13(14)16(10)8-9-4-3-7-19-9/h2-7H,8H2,1H3,(H2,14,15). The van der Waals surface area contributed by atoms with Gasteiger partial charge in [0.05, 0.1) is 23.2 Å². The van der Waals surface area contributed by atoms with Crippen LogP contribution >= 0.6 is 0 Å². The summed E-state index contributed by atoms with van der Waals surface area (Å²) in [5, 5.41) is 0. The molecule has 0 amide bonds. The molecule has 3 rings (SSSR count). The number of benzene rings is 1. The molecule has 0 saturated carbocycles. The fourth-order valence-electron chi connectivity index (χ4n) is 2.16. The molecule has 3 aromatic rings. The van der Waals surface area contributed by atoms with Crippen LogP contribution in [0, 0.1) is 0 Å². The Morgan fingerprint density at radius 2 is 2.10 bits per heavy atom. The van der Waals surface area contributed by atoms with Gasteiger partial charge in [-0.1, -0.05) is 6.07 Å². The molecule has 20 heavy (non-hydrogen) atoms. The molecular weight excluding hydrogens is 278 g/mol. The van der Waals surface area contributed by atoms with Gasteiger partial charge < -0.3 is 14.7 Å². The monoisotopic (exact) mass is 291 g/mol. The predicted molar refractivity (Wildman–Crippen MR) is 75.1 cm³/mol. The maximum absolute atomic E-state index is 11.8. The average Bonchev–Trinajstić information content (AvgIpc) is 2.97. The Bertz CT molecular complexity index is 864. The van der Waals surface area contributed by atoms with E-state index in [0.717, 1.165) is 12.0 Å². The number of fused-ring (bicyclic) bond motifs is 1. The highest BCUT2D eigenvalue weighted by Crippen LogP contribution is 2.25. The number of imidazole rings is 1. The normalized spacial score (nSPS) is 12.1. The minimum atomic E-state index is -3.35. The summed E-state index contributed by atoms with van der Waals surface area (Å²) in [6, 6.07) is 8.61. The molecule has 0 spiro atoms. The molecule has 2 aromatic heterocycles. The number of aromatic nitrogens is 2. The summed E-state index contributed by atoms with van der Waals surface area (Å²) in [5.41, 5.74) is 6.95. The summed E-state index contributed by atoms with van der Waals surface area (Å²) in [7, 11) is -3.35. The van der Waals surface area contributed by atoms with Crippen LogP contribution in [0.1, 0.15) is 5.76 Å². The van der Waals surface area contributed by atoms with Crippen LogP contribution in [0.3, 0.4) is 0 Å². The van der Waals surface area contributed by atoms with E-state index in [0.29, 0.717) is 17.6 Å². The van der Waals surface area contributed by atoms with Gasteiger partial charge in [0.15, 0.2) is 9.84 Å². The average molecular weight is 291 g/mol. The smallest absolute Gasteiger partial charge is 0.201 e. The van der Waals surface area contributed by atoms with Crippen molar-refractivity contribution < 1.29 is 12.8 Å². The van der Waals surface area contributed by atoms with Crippen LogP contribution in [0.4, 0.5) is 5.95 Å². The molecule has 104 valence electrons. The van der Waals surface area contributed by atoms with Crippen molar-refractivity contribution in [1.82, 2.24) is 9.55 Å². The van der Waals surface area contributed by atoms with Crippen molar-refractivity contribution in [2.75, 3.05) is 12.0 Å². The van der Waals surface area contributed by atoms with Crippen molar-refractivity contribution in [2.45, 2.75) is 11.4 Å². The number of hydrogen-bond donors (Lipinski definition) is 1. The molecular formula is C13H13N3O3S. The van der Waals surface area contributed by atoms with Crippen LogP contribution in [0.5, 0.6) is 0 Å². The number of nitrogens with two attached hydrogens (primary N) is 1. The van der Waals surface area contributed by atoms with Gasteiger partial charge in [0.2, 0.25) is 5.95 Å². The highest BCUT2D eigenvalue weighted by Gasteiger charge is 2.17. The quantitative estimate of drug-likeness (QED) is 0.792. The Kier molecular flexibility index (Phi) is 2.79. The minimum absolute atomic E-state index is 0.180. The lowest BCUT2D eigenvalue weighted by Crippen LogP contribution is -2.03. The highest BCUT2D eigenvalue weighted by atomic mass is 32.2. The second kappa shape index (κ2) is 4.38. The molecule has 0 aliphatic heterocycles. The summed E-state index contributed by atoms with van der Waals surface area (Å²) in [4.78, 5) is 4.36. The number of anilines is 1. The van der Waals surface area contributed by atoms with Crippen LogP contribution in [-0.2, 0) is 16.4 Å². The van der Waals surface area contributed by atoms with Crippen LogP contribution in [0.2, 0.25) is 0 Å². The lowest BCUT2D eigenvalue weighted by atomic mass is 10.3. The topological polar surface area (TPSA) is 91.1 Å². The Morgan fingerprint density at radius 1 is 1.30 bits per heavy atom. The number of furan rings is 1. The lowest BCUT2D eigenvalue weighted by Gasteiger charge is -2.04. The molecule has 0 bridgehead atoms. The molecule has 6 nitrogen and oxygen atoms in total. The van der Waals surface area contributed by atoms with Crippen LogP contribution in [0.15, 0.2) is 45.9 Å². The predicted octanol–water partition coefficient (Wildman–Crippen LogP) is 1.66. The van der Waals surface area contributed by atoms with Gasteiger partial charge in [-0.25, -0.2) is 13.4 Å². The molecule has 2 N–H and O–H groups in total. The zero-order valence-corrected chi connectivity index (χ0v) is 11.6. The van der Waals surface area contributed by atoms with Crippen LogP contribution < -0.4 is 5.73 Å². The lowest BCUT2D eigenvalue weighted by molar-refractivity contribution is 0.497. The van der Waals surface area contributed by atoms with Crippen molar-refractivity contribution in [2.24, 2.45) is 0 Å². The van der Waals surface area contributed by atoms with Gasteiger partial charge in [0, 0.05) is 6.26 Å². The van der Waals surface area contributed by atoms with E-state index in [1.807, 2.05) is 6.07 Å². The van der Waals surface area contributed by atoms with Crippen LogP contribution in [-0.4, -0.2) is 24.2 Å². The van der Waals surface area contributed by atoms with Gasteiger partial charge in [-0.3, -0.25) is 0 Å². The number of nitrogen functional groups attached to an aromatic ring is 1. The highest BCUT2D eigenvalue weighted by molar-refractivity contribution is 7.91. The first-order chi connectivity index (χ1) is 9.47. The summed E-state index contributed by atoms with van der Waals surface area (Å²) in [6.07, 6.45) is 2.73. The molecule has 0 aliphatic carbocycles. The first-order valence-electron chi connectivity index (χ1n) is 5.94. The Hall–Kier alpha value is -2.28. The van der Waals surface area contributed by atoms with E-state index in [9.17, 15) is 8.42 Å². The van der Waals surface area contributed by atoms with Gasteiger partial charge in [0.1, 0.15) is 11.3 Å². The third kappa shape index (κ3) is 2.05. The molecule has 0 unspecified atom stereocenters. The van der Waals surface area contributed by atoms with Crippen molar-refractivity contribution in [3.8, 4) is 0 Å². The third-order valence-electron chi connectivity index (χ3n) is 3.06. The molecule has 0 aliphatic rings. The number of rotatable bonds is 3. The second-order valence-corrected chi connectivity index (χ2v) is 6.52. The Balaban J connectivity index is 2.22. The number of nitrogens with zero attached hydrogens (tertiary/aromatic N) is 2. The number of para-hydroxylation sites is 1. The van der Waals surface area contributed by atoms with Crippen molar-refractivity contribution >= 4 is 26.8 Å². The Morgan fingerprint density at radius 3 is 2.75 bits per heavy atom. The van der Waals surface area contributed by atoms with Crippen LogP contribution in [0.25, 0.3) is 11.0 Å². The minimum Gasteiger partial charge on any atom is -0.467 e.